The zero-order valence-electron chi connectivity index (χ0n) is 26.6. The Morgan fingerprint density at radius 3 is 2.15 bits per heavy atom. The van der Waals surface area contributed by atoms with Crippen molar-refractivity contribution in [1.82, 2.24) is 20.1 Å². The number of hydrogen-bond donors (Lipinski definition) is 1. The van der Waals surface area contributed by atoms with Gasteiger partial charge < -0.3 is 9.47 Å². The van der Waals surface area contributed by atoms with Crippen LogP contribution in [0.5, 0.6) is 0 Å². The molecule has 0 saturated carbocycles. The molecule has 244 valence electrons. The van der Waals surface area contributed by atoms with Crippen LogP contribution in [0.2, 0.25) is 0 Å². The van der Waals surface area contributed by atoms with E-state index in [0.29, 0.717) is 0 Å². The molecule has 0 aliphatic heterocycles. The molecule has 13 heteroatoms. The molecule has 0 aliphatic rings. The third-order valence-corrected chi connectivity index (χ3v) is 8.23. The minimum absolute atomic E-state index is 0.0257. The zero-order chi connectivity index (χ0) is 33.7. The molecule has 0 radical (unpaired) electrons. The molecule has 4 aromatic rings. The number of rotatable bonds is 10. The Morgan fingerprint density at radius 1 is 0.913 bits per heavy atom. The fraction of sp³-hybridized carbons (Fsp3) is 0.333. The van der Waals surface area contributed by atoms with Crippen LogP contribution in [0.3, 0.4) is 0 Å². The van der Waals surface area contributed by atoms with Crippen LogP contribution in [0.1, 0.15) is 58.2 Å². The first-order chi connectivity index (χ1) is 21.5. The van der Waals surface area contributed by atoms with Crippen LogP contribution in [0.25, 0.3) is 5.69 Å². The Kier molecular flexibility index (Phi) is 10.3. The Morgan fingerprint density at radius 2 is 1.57 bits per heavy atom. The highest BCUT2D eigenvalue weighted by Crippen LogP contribution is 2.29. The van der Waals surface area contributed by atoms with Gasteiger partial charge in [0.1, 0.15) is 29.4 Å². The van der Waals surface area contributed by atoms with Crippen LogP contribution in [0, 0.1) is 5.82 Å². The number of pyridine rings is 1. The number of amides is 1. The van der Waals surface area contributed by atoms with E-state index in [0.717, 1.165) is 28.3 Å². The smallest absolute Gasteiger partial charge is 0.416 e. The number of esters is 1. The predicted octanol–water partition coefficient (Wildman–Crippen LogP) is 5.75. The van der Waals surface area contributed by atoms with E-state index in [2.05, 4.69) is 15.4 Å². The van der Waals surface area contributed by atoms with Crippen LogP contribution >= 0.6 is 0 Å². The first-order valence-corrected chi connectivity index (χ1v) is 16.1. The maximum atomic E-state index is 14.0. The normalized spacial score (nSPS) is 12.8. The highest BCUT2D eigenvalue weighted by Gasteiger charge is 2.33. The molecule has 0 spiro atoms. The van der Waals surface area contributed by atoms with E-state index < -0.39 is 50.8 Å². The molecule has 0 fully saturated rings. The van der Waals surface area contributed by atoms with E-state index >= 15 is 0 Å². The van der Waals surface area contributed by atoms with E-state index in [1.54, 1.807) is 64.7 Å². The molecular weight excluding hydrogens is 613 g/mol. The Hall–Kier alpha value is -4.62. The molecule has 2 aromatic heterocycles. The second-order valence-corrected chi connectivity index (χ2v) is 14.5. The van der Waals surface area contributed by atoms with Crippen molar-refractivity contribution < 1.29 is 31.9 Å². The molecule has 11 nitrogen and oxygen atoms in total. The number of benzene rings is 2. The molecular formula is C33H38FN5O6S. The summed E-state index contributed by atoms with van der Waals surface area (Å²) in [5.74, 6) is -1.32. The molecule has 1 N–H and O–H groups in total. The van der Waals surface area contributed by atoms with Gasteiger partial charge in [0.25, 0.3) is 0 Å². The molecule has 2 heterocycles. The van der Waals surface area contributed by atoms with Crippen molar-refractivity contribution in [3.63, 3.8) is 0 Å². The van der Waals surface area contributed by atoms with Crippen molar-refractivity contribution in [2.75, 3.05) is 11.4 Å². The number of halogens is 1. The van der Waals surface area contributed by atoms with Gasteiger partial charge >= 0.3 is 12.1 Å². The number of carbonyl (C=O) groups excluding carboxylic acids is 2. The summed E-state index contributed by atoms with van der Waals surface area (Å²) < 4.78 is 54.4. The predicted molar refractivity (Wildman–Crippen MR) is 170 cm³/mol. The summed E-state index contributed by atoms with van der Waals surface area (Å²) in [4.78, 5) is 31.5. The number of ether oxygens (including phenoxy) is 2. The van der Waals surface area contributed by atoms with Crippen molar-refractivity contribution >= 4 is 27.7 Å². The van der Waals surface area contributed by atoms with Gasteiger partial charge in [-0.1, -0.05) is 18.2 Å². The third kappa shape index (κ3) is 9.21. The van der Waals surface area contributed by atoms with Gasteiger partial charge in [0.2, 0.25) is 0 Å². The standard InChI is InChI=1S/C33H38FN5O6S/c1-32(2,3)44-29(40)22-38(31(41)45-33(4,5)6)28-10-7-9-27(37-28)30(46(42,43)26-17-13-24(34)14-18-26)35-21-23-11-15-25(16-12-23)39-20-8-19-36-39/h7-20,30,35H,21-22H2,1-6H3. The lowest BCUT2D eigenvalue weighted by Gasteiger charge is -2.28. The lowest BCUT2D eigenvalue weighted by Crippen LogP contribution is -2.42. The van der Waals surface area contributed by atoms with Gasteiger partial charge in [-0.2, -0.15) is 5.10 Å². The molecule has 2 aromatic carbocycles. The van der Waals surface area contributed by atoms with Crippen molar-refractivity contribution in [2.24, 2.45) is 0 Å². The Bertz CT molecular complexity index is 1750. The largest absolute Gasteiger partial charge is 0.459 e. The van der Waals surface area contributed by atoms with E-state index in [-0.39, 0.29) is 23.0 Å². The number of nitrogens with one attached hydrogen (secondary N) is 1. The van der Waals surface area contributed by atoms with E-state index in [4.69, 9.17) is 9.47 Å². The molecule has 0 aliphatic carbocycles. The second-order valence-electron chi connectivity index (χ2n) is 12.5. The summed E-state index contributed by atoms with van der Waals surface area (Å²) in [6.07, 6.45) is 2.60. The van der Waals surface area contributed by atoms with E-state index in [1.165, 1.54) is 30.3 Å². The number of sulfone groups is 1. The summed E-state index contributed by atoms with van der Waals surface area (Å²) >= 11 is 0. The van der Waals surface area contributed by atoms with Crippen LogP contribution < -0.4 is 10.2 Å². The van der Waals surface area contributed by atoms with Crippen LogP contribution in [0.15, 0.2) is 90.1 Å². The van der Waals surface area contributed by atoms with E-state index in [1.807, 2.05) is 24.3 Å². The molecule has 0 saturated heterocycles. The summed E-state index contributed by atoms with van der Waals surface area (Å²) in [5, 5.41) is 5.86. The molecule has 1 atom stereocenters. The highest BCUT2D eigenvalue weighted by molar-refractivity contribution is 7.91. The average molecular weight is 652 g/mol. The van der Waals surface area contributed by atoms with Crippen molar-refractivity contribution in [2.45, 2.75) is 69.6 Å². The average Bonchev–Trinajstić information content (AvgIpc) is 3.50. The van der Waals surface area contributed by atoms with Gasteiger partial charge in [-0.15, -0.1) is 0 Å². The van der Waals surface area contributed by atoms with Crippen LogP contribution in [-0.2, 0) is 30.7 Å². The minimum atomic E-state index is -4.20. The van der Waals surface area contributed by atoms with Gasteiger partial charge in [0, 0.05) is 18.9 Å². The second kappa shape index (κ2) is 13.8. The highest BCUT2D eigenvalue weighted by atomic mass is 32.2. The minimum Gasteiger partial charge on any atom is -0.459 e. The molecule has 46 heavy (non-hydrogen) atoms. The fourth-order valence-electron chi connectivity index (χ4n) is 4.33. The quantitative estimate of drug-likeness (QED) is 0.168. The van der Waals surface area contributed by atoms with Gasteiger partial charge in [0.15, 0.2) is 15.2 Å². The van der Waals surface area contributed by atoms with Gasteiger partial charge in [-0.05, 0) is 102 Å². The van der Waals surface area contributed by atoms with Crippen LogP contribution in [-0.4, -0.2) is 53.0 Å². The Labute approximate surface area is 268 Å². The van der Waals surface area contributed by atoms with E-state index in [9.17, 15) is 22.4 Å². The summed E-state index contributed by atoms with van der Waals surface area (Å²) in [5.41, 5.74) is -0.0878. The molecule has 4 rings (SSSR count). The summed E-state index contributed by atoms with van der Waals surface area (Å²) in [7, 11) is -4.20. The van der Waals surface area contributed by atoms with Crippen molar-refractivity contribution in [3.8, 4) is 5.69 Å². The summed E-state index contributed by atoms with van der Waals surface area (Å²) in [6.45, 7) is 9.71. The lowest BCUT2D eigenvalue weighted by atomic mass is 10.2. The topological polar surface area (TPSA) is 133 Å². The van der Waals surface area contributed by atoms with Gasteiger partial charge in [0.05, 0.1) is 16.3 Å². The number of hydrogen-bond acceptors (Lipinski definition) is 9. The number of anilines is 1. The molecule has 1 unspecified atom stereocenters. The van der Waals surface area contributed by atoms with Gasteiger partial charge in [-0.3, -0.25) is 15.0 Å². The van der Waals surface area contributed by atoms with Gasteiger partial charge in [-0.25, -0.2) is 27.3 Å². The number of carbonyl (C=O) groups is 2. The lowest BCUT2D eigenvalue weighted by molar-refractivity contribution is -0.153. The maximum Gasteiger partial charge on any atom is 0.416 e. The van der Waals surface area contributed by atoms with Crippen molar-refractivity contribution in [1.29, 1.82) is 0 Å². The SMILES string of the molecule is CC(C)(C)OC(=O)CN(C(=O)OC(C)(C)C)c1cccc(C(NCc2ccc(-n3cccn3)cc2)S(=O)(=O)c2ccc(F)cc2)n1. The third-order valence-electron chi connectivity index (χ3n) is 6.27. The maximum absolute atomic E-state index is 14.0. The zero-order valence-corrected chi connectivity index (χ0v) is 27.4. The number of nitrogens with zero attached hydrogens (tertiary/aromatic N) is 4. The number of aromatic nitrogens is 3. The van der Waals surface area contributed by atoms with Crippen molar-refractivity contribution in [3.05, 3.63) is 102 Å². The monoisotopic (exact) mass is 651 g/mol. The molecule has 0 bridgehead atoms. The first-order valence-electron chi connectivity index (χ1n) is 14.5. The van der Waals surface area contributed by atoms with Crippen LogP contribution in [0.4, 0.5) is 15.0 Å². The fourth-order valence-corrected chi connectivity index (χ4v) is 5.87. The first kappa shape index (κ1) is 34.3. The summed E-state index contributed by atoms with van der Waals surface area (Å²) in [6, 6.07) is 18.1. The molecule has 1 amide bonds. The Balaban J connectivity index is 1.71.